The number of hydrogen-bond acceptors (Lipinski definition) is 6. The van der Waals surface area contributed by atoms with Crippen molar-refractivity contribution in [3.63, 3.8) is 0 Å². The Morgan fingerprint density at radius 3 is 2.50 bits per heavy atom. The van der Waals surface area contributed by atoms with E-state index < -0.39 is 0 Å². The van der Waals surface area contributed by atoms with Crippen LogP contribution in [0.2, 0.25) is 0 Å². The molecule has 110 valence electrons. The van der Waals surface area contributed by atoms with Crippen LogP contribution in [0.5, 0.6) is 0 Å². The number of aromatic nitrogens is 3. The van der Waals surface area contributed by atoms with Crippen molar-refractivity contribution >= 4 is 11.0 Å². The molecule has 0 radical (unpaired) electrons. The molecule has 0 aliphatic rings. The Morgan fingerprint density at radius 2 is 1.80 bits per heavy atom. The van der Waals surface area contributed by atoms with E-state index in [0.29, 0.717) is 26.2 Å². The normalized spacial score (nSPS) is 11.3. The summed E-state index contributed by atoms with van der Waals surface area (Å²) in [5.74, 6) is 0. The van der Waals surface area contributed by atoms with Crippen molar-refractivity contribution in [2.45, 2.75) is 20.0 Å². The lowest BCUT2D eigenvalue weighted by Gasteiger charge is -2.13. The summed E-state index contributed by atoms with van der Waals surface area (Å²) in [7, 11) is 0. The second-order valence-electron chi connectivity index (χ2n) is 4.63. The van der Waals surface area contributed by atoms with Crippen LogP contribution < -0.4 is 10.6 Å². The van der Waals surface area contributed by atoms with Gasteiger partial charge in [-0.1, -0.05) is 0 Å². The van der Waals surface area contributed by atoms with Crippen LogP contribution >= 0.6 is 0 Å². The lowest BCUT2D eigenvalue weighted by molar-refractivity contribution is 0.292. The number of fused-ring (bicyclic) bond motifs is 1. The molecule has 2 rings (SSSR count). The molecule has 7 nitrogen and oxygen atoms in total. The van der Waals surface area contributed by atoms with Gasteiger partial charge in [-0.05, 0) is 29.7 Å². The molecule has 0 saturated carbocycles. The summed E-state index contributed by atoms with van der Waals surface area (Å²) in [5.41, 5.74) is 5.07. The van der Waals surface area contributed by atoms with E-state index >= 15 is 0 Å². The topological polar surface area (TPSA) is 106 Å². The highest BCUT2D eigenvalue weighted by atomic mass is 16.3. The van der Waals surface area contributed by atoms with Crippen LogP contribution in [-0.4, -0.2) is 51.9 Å². The fourth-order valence-corrected chi connectivity index (χ4v) is 2.20. The van der Waals surface area contributed by atoms with Gasteiger partial charge in [0.25, 0.3) is 0 Å². The van der Waals surface area contributed by atoms with Gasteiger partial charge in [0.2, 0.25) is 0 Å². The smallest absolute Gasteiger partial charge is 0.117 e. The van der Waals surface area contributed by atoms with Crippen molar-refractivity contribution < 1.29 is 10.2 Å². The van der Waals surface area contributed by atoms with E-state index in [1.807, 2.05) is 6.07 Å². The van der Waals surface area contributed by atoms with Crippen molar-refractivity contribution in [3.05, 3.63) is 22.8 Å². The summed E-state index contributed by atoms with van der Waals surface area (Å²) >= 11 is 0. The van der Waals surface area contributed by atoms with Gasteiger partial charge in [0.15, 0.2) is 0 Å². The Hall–Kier alpha value is -1.54. The molecule has 0 fully saturated rings. The summed E-state index contributed by atoms with van der Waals surface area (Å²) in [6, 6.07) is 2.01. The molecule has 0 saturated heterocycles. The van der Waals surface area contributed by atoms with Gasteiger partial charge in [-0.3, -0.25) is 0 Å². The van der Waals surface area contributed by atoms with E-state index in [1.165, 1.54) is 0 Å². The second-order valence-corrected chi connectivity index (χ2v) is 4.63. The summed E-state index contributed by atoms with van der Waals surface area (Å²) in [6.45, 7) is 4.72. The Balaban J connectivity index is 2.26. The van der Waals surface area contributed by atoms with Gasteiger partial charge in [0.1, 0.15) is 11.0 Å². The first-order valence-electron chi connectivity index (χ1n) is 6.73. The summed E-state index contributed by atoms with van der Waals surface area (Å²) in [6.07, 6.45) is 0. The molecule has 0 unspecified atom stereocenters. The minimum Gasteiger partial charge on any atom is -0.395 e. The minimum absolute atomic E-state index is 0.110. The van der Waals surface area contributed by atoms with Crippen molar-refractivity contribution in [2.24, 2.45) is 0 Å². The number of aliphatic hydroxyl groups is 2. The Kier molecular flexibility index (Phi) is 5.42. The zero-order valence-electron chi connectivity index (χ0n) is 11.6. The Bertz CT molecular complexity index is 555. The van der Waals surface area contributed by atoms with Crippen LogP contribution in [0, 0.1) is 6.92 Å². The van der Waals surface area contributed by atoms with Crippen molar-refractivity contribution in [3.8, 4) is 0 Å². The van der Waals surface area contributed by atoms with Gasteiger partial charge < -0.3 is 20.8 Å². The summed E-state index contributed by atoms with van der Waals surface area (Å²) < 4.78 is 0. The maximum Gasteiger partial charge on any atom is 0.117 e. The van der Waals surface area contributed by atoms with Gasteiger partial charge in [0, 0.05) is 26.2 Å². The first-order valence-corrected chi connectivity index (χ1v) is 6.73. The number of H-pyrrole nitrogens is 1. The third-order valence-corrected chi connectivity index (χ3v) is 3.30. The van der Waals surface area contributed by atoms with Gasteiger partial charge in [-0.2, -0.15) is 15.4 Å². The molecule has 0 spiro atoms. The van der Waals surface area contributed by atoms with Crippen LogP contribution in [0.3, 0.4) is 0 Å². The standard InChI is InChI=1S/C13H21N5O2/c1-9-10(7-14-2-4-19)6-12-13(17-18-16-12)11(9)8-15-3-5-20/h6,14-15,19-20H,2-5,7-8H2,1H3,(H,16,17,18). The van der Waals surface area contributed by atoms with Crippen molar-refractivity contribution in [1.29, 1.82) is 0 Å². The molecule has 5 N–H and O–H groups in total. The Morgan fingerprint density at radius 1 is 1.10 bits per heavy atom. The van der Waals surface area contributed by atoms with Crippen LogP contribution in [0.1, 0.15) is 16.7 Å². The zero-order chi connectivity index (χ0) is 14.4. The maximum absolute atomic E-state index is 8.85. The van der Waals surface area contributed by atoms with Crippen LogP contribution in [-0.2, 0) is 13.1 Å². The number of aliphatic hydroxyl groups excluding tert-OH is 2. The number of nitrogens with one attached hydrogen (secondary N) is 3. The van der Waals surface area contributed by atoms with E-state index in [9.17, 15) is 0 Å². The molecule has 2 aromatic rings. The highest BCUT2D eigenvalue weighted by Gasteiger charge is 2.12. The highest BCUT2D eigenvalue weighted by Crippen LogP contribution is 2.22. The van der Waals surface area contributed by atoms with E-state index in [0.717, 1.165) is 27.7 Å². The van der Waals surface area contributed by atoms with E-state index in [-0.39, 0.29) is 13.2 Å². The zero-order valence-corrected chi connectivity index (χ0v) is 11.6. The molecule has 0 amide bonds. The number of rotatable bonds is 8. The fourth-order valence-electron chi connectivity index (χ4n) is 2.20. The van der Waals surface area contributed by atoms with Crippen molar-refractivity contribution in [1.82, 2.24) is 26.0 Å². The second kappa shape index (κ2) is 7.30. The average Bonchev–Trinajstić information content (AvgIpc) is 2.90. The predicted molar refractivity (Wildman–Crippen MR) is 76.2 cm³/mol. The highest BCUT2D eigenvalue weighted by molar-refractivity contribution is 5.80. The Labute approximate surface area is 117 Å². The van der Waals surface area contributed by atoms with E-state index in [2.05, 4.69) is 33.0 Å². The molecule has 1 heterocycles. The predicted octanol–water partition coefficient (Wildman–Crippen LogP) is -0.570. The van der Waals surface area contributed by atoms with Gasteiger partial charge in [-0.15, -0.1) is 0 Å². The number of benzene rings is 1. The summed E-state index contributed by atoms with van der Waals surface area (Å²) in [4.78, 5) is 0. The quantitative estimate of drug-likeness (QED) is 0.414. The average molecular weight is 279 g/mol. The molecular formula is C13H21N5O2. The van der Waals surface area contributed by atoms with E-state index in [1.54, 1.807) is 0 Å². The van der Waals surface area contributed by atoms with Gasteiger partial charge in [-0.25, -0.2) is 0 Å². The number of nitrogens with zero attached hydrogens (tertiary/aromatic N) is 2. The molecule has 0 bridgehead atoms. The number of aromatic amines is 1. The largest absolute Gasteiger partial charge is 0.395 e. The summed E-state index contributed by atoms with van der Waals surface area (Å²) in [5, 5.41) is 35.0. The van der Waals surface area contributed by atoms with Gasteiger partial charge in [0.05, 0.1) is 13.2 Å². The minimum atomic E-state index is 0.110. The van der Waals surface area contributed by atoms with Crippen LogP contribution in [0.25, 0.3) is 11.0 Å². The first kappa shape index (κ1) is 14.9. The van der Waals surface area contributed by atoms with Gasteiger partial charge >= 0.3 is 0 Å². The van der Waals surface area contributed by atoms with Crippen molar-refractivity contribution in [2.75, 3.05) is 26.3 Å². The molecule has 1 aromatic heterocycles. The molecule has 7 heteroatoms. The molecule has 0 atom stereocenters. The molecule has 1 aromatic carbocycles. The lowest BCUT2D eigenvalue weighted by atomic mass is 10.00. The fraction of sp³-hybridized carbons (Fsp3) is 0.538. The SMILES string of the molecule is Cc1c(CNCCO)cc2n[nH]nc2c1CNCCO. The monoisotopic (exact) mass is 279 g/mol. The first-order chi connectivity index (χ1) is 9.77. The third-order valence-electron chi connectivity index (χ3n) is 3.30. The number of hydrogen-bond donors (Lipinski definition) is 5. The molecule has 0 aliphatic carbocycles. The lowest BCUT2D eigenvalue weighted by Crippen LogP contribution is -2.21. The van der Waals surface area contributed by atoms with Crippen LogP contribution in [0.15, 0.2) is 6.07 Å². The maximum atomic E-state index is 8.85. The third kappa shape index (κ3) is 3.31. The molecule has 20 heavy (non-hydrogen) atoms. The van der Waals surface area contributed by atoms with Crippen LogP contribution in [0.4, 0.5) is 0 Å². The molecule has 0 aliphatic heterocycles. The van der Waals surface area contributed by atoms with E-state index in [4.69, 9.17) is 10.2 Å². The molecular weight excluding hydrogens is 258 g/mol.